The number of hydrogen-bond donors (Lipinski definition) is 1. The first-order valence-electron chi connectivity index (χ1n) is 7.46. The van der Waals surface area contributed by atoms with Crippen LogP contribution in [0.3, 0.4) is 0 Å². The van der Waals surface area contributed by atoms with E-state index < -0.39 is 16.0 Å². The highest BCUT2D eigenvalue weighted by Crippen LogP contribution is 2.29. The van der Waals surface area contributed by atoms with E-state index >= 15 is 0 Å². The monoisotopic (exact) mass is 386 g/mol. The summed E-state index contributed by atoms with van der Waals surface area (Å²) in [7, 11) is -3.62. The predicted octanol–water partition coefficient (Wildman–Crippen LogP) is 2.32. The molecule has 0 spiro atoms. The molecule has 0 atom stereocenters. The van der Waals surface area contributed by atoms with Crippen LogP contribution in [0.4, 0.5) is 0 Å². The minimum atomic E-state index is -3.62. The van der Waals surface area contributed by atoms with Crippen molar-refractivity contribution in [2.45, 2.75) is 17.7 Å². The number of hydrogen-bond acceptors (Lipinski definition) is 6. The number of rotatable bonds is 5. The zero-order chi connectivity index (χ0) is 17.3. The van der Waals surface area contributed by atoms with E-state index in [1.165, 1.54) is 15.2 Å². The Bertz CT molecular complexity index is 819. The molecule has 1 aliphatic heterocycles. The summed E-state index contributed by atoms with van der Waals surface area (Å²) in [6.45, 7) is 4.66. The topological polar surface area (TPSA) is 77.9 Å². The molecule has 24 heavy (non-hydrogen) atoms. The van der Waals surface area contributed by atoms with Crippen molar-refractivity contribution in [2.24, 2.45) is 0 Å². The summed E-state index contributed by atoms with van der Waals surface area (Å²) >= 11 is 2.53. The van der Waals surface area contributed by atoms with Gasteiger partial charge in [-0.2, -0.15) is 4.31 Å². The van der Waals surface area contributed by atoms with Crippen LogP contribution in [0.2, 0.25) is 0 Å². The second-order valence-corrected chi connectivity index (χ2v) is 9.89. The van der Waals surface area contributed by atoms with Crippen LogP contribution >= 0.6 is 22.7 Å². The minimum absolute atomic E-state index is 0.0879. The fourth-order valence-electron chi connectivity index (χ4n) is 2.67. The third-order valence-corrected chi connectivity index (χ3v) is 8.41. The van der Waals surface area contributed by atoms with Crippen molar-refractivity contribution in [2.75, 3.05) is 26.2 Å². The van der Waals surface area contributed by atoms with E-state index in [0.717, 1.165) is 17.9 Å². The van der Waals surface area contributed by atoms with Crippen LogP contribution in [0, 0.1) is 6.92 Å². The molecule has 2 aromatic heterocycles. The highest BCUT2D eigenvalue weighted by molar-refractivity contribution is 7.91. The van der Waals surface area contributed by atoms with Gasteiger partial charge in [-0.3, -0.25) is 4.90 Å². The molecule has 1 saturated heterocycles. The van der Waals surface area contributed by atoms with Crippen LogP contribution in [-0.4, -0.2) is 54.9 Å². The third kappa shape index (κ3) is 3.55. The van der Waals surface area contributed by atoms with Crippen molar-refractivity contribution >= 4 is 38.7 Å². The van der Waals surface area contributed by atoms with Gasteiger partial charge in [0, 0.05) is 37.6 Å². The highest BCUT2D eigenvalue weighted by Gasteiger charge is 2.31. The smallest absolute Gasteiger partial charge is 0.346 e. The number of carboxylic acids is 1. The van der Waals surface area contributed by atoms with Crippen LogP contribution in [-0.2, 0) is 16.6 Å². The Morgan fingerprint density at radius 2 is 2.00 bits per heavy atom. The first-order valence-corrected chi connectivity index (χ1v) is 10.6. The number of sulfonamides is 1. The lowest BCUT2D eigenvalue weighted by molar-refractivity contribution is 0.0701. The average Bonchev–Trinajstić information content (AvgIpc) is 3.17. The lowest BCUT2D eigenvalue weighted by Gasteiger charge is -2.33. The molecule has 1 fully saturated rings. The zero-order valence-electron chi connectivity index (χ0n) is 13.1. The Kier molecular flexibility index (Phi) is 5.07. The fourth-order valence-corrected chi connectivity index (χ4v) is 6.37. The molecule has 0 bridgehead atoms. The largest absolute Gasteiger partial charge is 0.477 e. The number of aryl methyl sites for hydroxylation is 1. The molecule has 3 heterocycles. The molecule has 1 aliphatic rings. The van der Waals surface area contributed by atoms with Crippen molar-refractivity contribution in [3.8, 4) is 0 Å². The van der Waals surface area contributed by atoms with Gasteiger partial charge in [0.1, 0.15) is 9.09 Å². The Balaban J connectivity index is 1.68. The second kappa shape index (κ2) is 6.93. The van der Waals surface area contributed by atoms with Crippen LogP contribution in [0.25, 0.3) is 0 Å². The van der Waals surface area contributed by atoms with Crippen molar-refractivity contribution in [1.82, 2.24) is 9.21 Å². The highest BCUT2D eigenvalue weighted by atomic mass is 32.2. The number of piperazine rings is 1. The van der Waals surface area contributed by atoms with Crippen LogP contribution in [0.5, 0.6) is 0 Å². The normalized spacial score (nSPS) is 17.2. The maximum absolute atomic E-state index is 12.7. The van der Waals surface area contributed by atoms with Crippen molar-refractivity contribution < 1.29 is 18.3 Å². The summed E-state index contributed by atoms with van der Waals surface area (Å²) < 4.78 is 27.0. The first-order chi connectivity index (χ1) is 11.4. The quantitative estimate of drug-likeness (QED) is 0.853. The van der Waals surface area contributed by atoms with Gasteiger partial charge in [0.25, 0.3) is 10.0 Å². The maximum atomic E-state index is 12.7. The molecule has 0 aromatic carbocycles. The first kappa shape index (κ1) is 17.6. The lowest BCUT2D eigenvalue weighted by Crippen LogP contribution is -2.47. The number of carbonyl (C=O) groups is 1. The van der Waals surface area contributed by atoms with Gasteiger partial charge in [0.05, 0.1) is 0 Å². The molecule has 0 unspecified atom stereocenters. The molecule has 1 N–H and O–H groups in total. The van der Waals surface area contributed by atoms with E-state index in [4.69, 9.17) is 5.11 Å². The Morgan fingerprint density at radius 3 is 2.54 bits per heavy atom. The Labute approximate surface area is 149 Å². The summed E-state index contributed by atoms with van der Waals surface area (Å²) in [6, 6.07) is 5.55. The van der Waals surface area contributed by atoms with Gasteiger partial charge in [-0.05, 0) is 30.0 Å². The van der Waals surface area contributed by atoms with E-state index in [9.17, 15) is 13.2 Å². The van der Waals surface area contributed by atoms with Crippen molar-refractivity contribution in [3.05, 3.63) is 38.9 Å². The molecule has 3 rings (SSSR count). The van der Waals surface area contributed by atoms with Gasteiger partial charge < -0.3 is 5.11 Å². The van der Waals surface area contributed by atoms with Crippen LogP contribution in [0.15, 0.2) is 27.8 Å². The predicted molar refractivity (Wildman–Crippen MR) is 94.4 cm³/mol. The third-order valence-electron chi connectivity index (χ3n) is 3.97. The van der Waals surface area contributed by atoms with Gasteiger partial charge in [-0.15, -0.1) is 22.7 Å². The van der Waals surface area contributed by atoms with Gasteiger partial charge in [-0.1, -0.05) is 6.07 Å². The average molecular weight is 387 g/mol. The van der Waals surface area contributed by atoms with Crippen molar-refractivity contribution in [1.29, 1.82) is 0 Å². The molecular formula is C15H18N2O4S3. The summed E-state index contributed by atoms with van der Waals surface area (Å²) in [4.78, 5) is 14.7. The number of aromatic carboxylic acids is 1. The van der Waals surface area contributed by atoms with E-state index in [1.807, 2.05) is 11.4 Å². The molecule has 0 aliphatic carbocycles. The number of carboxylic acid groups (broad SMARTS) is 1. The second-order valence-electron chi connectivity index (χ2n) is 5.64. The van der Waals surface area contributed by atoms with E-state index in [0.29, 0.717) is 31.7 Å². The molecule has 0 saturated carbocycles. The summed E-state index contributed by atoms with van der Waals surface area (Å²) in [6.07, 6.45) is 0. The van der Waals surface area contributed by atoms with Crippen molar-refractivity contribution in [3.63, 3.8) is 0 Å². The molecular weight excluding hydrogens is 368 g/mol. The number of thiophene rings is 2. The Hall–Kier alpha value is -1.26. The standard InChI is InChI=1S/C15H18N2O4S3/c1-11-9-13(23-14(11)15(18)19)24(20,21)17-6-4-16(5-7-17)10-12-3-2-8-22-12/h2-3,8-9H,4-7,10H2,1H3,(H,18,19). The maximum Gasteiger partial charge on any atom is 0.346 e. The van der Waals surface area contributed by atoms with Gasteiger partial charge in [0.2, 0.25) is 0 Å². The summed E-state index contributed by atoms with van der Waals surface area (Å²) in [5.41, 5.74) is 0.488. The van der Waals surface area contributed by atoms with E-state index in [-0.39, 0.29) is 9.09 Å². The molecule has 0 radical (unpaired) electrons. The SMILES string of the molecule is Cc1cc(S(=O)(=O)N2CCN(Cc3cccs3)CC2)sc1C(=O)O. The molecule has 130 valence electrons. The fraction of sp³-hybridized carbons (Fsp3) is 0.400. The molecule has 0 amide bonds. The summed E-state index contributed by atoms with van der Waals surface area (Å²) in [5.74, 6) is -1.08. The molecule has 9 heteroatoms. The van der Waals surface area contributed by atoms with E-state index in [2.05, 4.69) is 11.0 Å². The minimum Gasteiger partial charge on any atom is -0.477 e. The zero-order valence-corrected chi connectivity index (χ0v) is 15.6. The molecule has 6 nitrogen and oxygen atoms in total. The Morgan fingerprint density at radius 1 is 1.29 bits per heavy atom. The van der Waals surface area contributed by atoms with Gasteiger partial charge >= 0.3 is 5.97 Å². The summed E-state index contributed by atoms with van der Waals surface area (Å²) in [5, 5.41) is 11.1. The van der Waals surface area contributed by atoms with Crippen LogP contribution < -0.4 is 0 Å². The number of nitrogens with zero attached hydrogens (tertiary/aromatic N) is 2. The molecule has 2 aromatic rings. The van der Waals surface area contributed by atoms with Gasteiger partial charge in [-0.25, -0.2) is 13.2 Å². The van der Waals surface area contributed by atoms with E-state index in [1.54, 1.807) is 18.3 Å². The van der Waals surface area contributed by atoms with Crippen LogP contribution in [0.1, 0.15) is 20.1 Å². The lowest BCUT2D eigenvalue weighted by atomic mass is 10.3. The van der Waals surface area contributed by atoms with Gasteiger partial charge in [0.15, 0.2) is 0 Å².